The molecule has 176 valence electrons. The van der Waals surface area contributed by atoms with E-state index in [0.29, 0.717) is 0 Å². The first-order valence-corrected chi connectivity index (χ1v) is 7.79. The van der Waals surface area contributed by atoms with Gasteiger partial charge in [-0.3, -0.25) is 4.74 Å². The zero-order chi connectivity index (χ0) is 24.8. The van der Waals surface area contributed by atoms with Gasteiger partial charge in [0.15, 0.2) is 5.82 Å². The Morgan fingerprint density at radius 2 is 1.38 bits per heavy atom. The summed E-state index contributed by atoms with van der Waals surface area (Å²) in [7, 11) is 0. The highest BCUT2D eigenvalue weighted by Crippen LogP contribution is 2.54. The Balaban J connectivity index is 2.78. The van der Waals surface area contributed by atoms with Crippen LogP contribution in [0.15, 0.2) is 36.5 Å². The average Bonchev–Trinajstić information content (AvgIpc) is 2.65. The van der Waals surface area contributed by atoms with E-state index in [0.717, 1.165) is 12.1 Å². The number of carboxylic acid groups (broad SMARTS) is 1. The van der Waals surface area contributed by atoms with Crippen molar-refractivity contribution in [3.05, 3.63) is 47.8 Å². The Kier molecular flexibility index (Phi) is 6.17. The van der Waals surface area contributed by atoms with Crippen molar-refractivity contribution < 1.29 is 62.9 Å². The van der Waals surface area contributed by atoms with Gasteiger partial charge in [-0.1, -0.05) is 30.3 Å². The number of rotatable bonds is 6. The van der Waals surface area contributed by atoms with Gasteiger partial charge in [0.1, 0.15) is 11.3 Å². The minimum atomic E-state index is -7.30. The molecule has 1 unspecified atom stereocenters. The molecule has 0 aliphatic rings. The molecule has 0 radical (unpaired) electrons. The summed E-state index contributed by atoms with van der Waals surface area (Å²) in [6.07, 6.45) is -21.1. The first kappa shape index (κ1) is 25.2. The quantitative estimate of drug-likeness (QED) is 0.562. The molecule has 0 spiro atoms. The van der Waals surface area contributed by atoms with Gasteiger partial charge in [0.2, 0.25) is 0 Å². The van der Waals surface area contributed by atoms with E-state index < -0.39 is 53.3 Å². The third-order valence-electron chi connectivity index (χ3n) is 3.71. The number of carboxylic acids is 1. The number of ether oxygens (including phenoxy) is 1. The third-order valence-corrected chi connectivity index (χ3v) is 3.71. The van der Waals surface area contributed by atoms with E-state index in [4.69, 9.17) is 5.11 Å². The minimum Gasteiger partial charge on any atom is -0.478 e. The van der Waals surface area contributed by atoms with Crippen LogP contribution < -0.4 is 0 Å². The van der Waals surface area contributed by atoms with Crippen molar-refractivity contribution in [3.8, 4) is 11.4 Å². The van der Waals surface area contributed by atoms with Gasteiger partial charge in [0.05, 0.1) is 0 Å². The van der Waals surface area contributed by atoms with E-state index in [-0.39, 0.29) is 11.8 Å². The highest BCUT2D eigenvalue weighted by molar-refractivity contribution is 5.89. The van der Waals surface area contributed by atoms with E-state index in [1.807, 2.05) is 0 Å². The van der Waals surface area contributed by atoms with E-state index in [1.165, 1.54) is 18.2 Å². The summed E-state index contributed by atoms with van der Waals surface area (Å²) in [5.41, 5.74) is -4.69. The molecule has 1 N–H and O–H groups in total. The molecule has 1 atom stereocenters. The molecule has 0 aliphatic heterocycles. The Labute approximate surface area is 169 Å². The number of benzene rings is 1. The second-order valence-corrected chi connectivity index (χ2v) is 5.91. The van der Waals surface area contributed by atoms with Crippen LogP contribution in [0.1, 0.15) is 16.1 Å². The minimum absolute atomic E-state index is 0.0104. The molecule has 0 bridgehead atoms. The molecule has 2 rings (SSSR count). The summed E-state index contributed by atoms with van der Waals surface area (Å²) in [5.74, 6) is -16.9. The topological polar surface area (TPSA) is 72.3 Å². The Hall–Kier alpha value is -3.04. The fourth-order valence-electron chi connectivity index (χ4n) is 2.16. The van der Waals surface area contributed by atoms with Gasteiger partial charge in [-0.25, -0.2) is 14.8 Å². The van der Waals surface area contributed by atoms with Crippen molar-refractivity contribution >= 4 is 5.97 Å². The van der Waals surface area contributed by atoms with E-state index in [2.05, 4.69) is 14.7 Å². The van der Waals surface area contributed by atoms with E-state index >= 15 is 0 Å². The van der Waals surface area contributed by atoms with Gasteiger partial charge < -0.3 is 5.11 Å². The molecular formula is C16H7F11N2O3. The van der Waals surface area contributed by atoms with Gasteiger partial charge in [-0.2, -0.15) is 48.3 Å². The summed E-state index contributed by atoms with van der Waals surface area (Å²) < 4.78 is 147. The van der Waals surface area contributed by atoms with Gasteiger partial charge in [-0.15, -0.1) is 0 Å². The second kappa shape index (κ2) is 7.83. The first-order valence-electron chi connectivity index (χ1n) is 7.79. The first-order chi connectivity index (χ1) is 14.3. The van der Waals surface area contributed by atoms with Crippen molar-refractivity contribution in [1.29, 1.82) is 0 Å². The van der Waals surface area contributed by atoms with Crippen molar-refractivity contribution in [3.63, 3.8) is 0 Å². The molecule has 0 fully saturated rings. The molecule has 0 saturated carbocycles. The molecule has 1 heterocycles. The van der Waals surface area contributed by atoms with Crippen LogP contribution in [0.2, 0.25) is 0 Å². The summed E-state index contributed by atoms with van der Waals surface area (Å²) in [6, 6.07) is 6.09. The Bertz CT molecular complexity index is 993. The van der Waals surface area contributed by atoms with Crippen LogP contribution in [0.4, 0.5) is 48.3 Å². The molecule has 32 heavy (non-hydrogen) atoms. The molecule has 16 heteroatoms. The lowest BCUT2D eigenvalue weighted by molar-refractivity contribution is -0.488. The monoisotopic (exact) mass is 484 g/mol. The number of hydrogen-bond acceptors (Lipinski definition) is 4. The molecule has 1 aromatic heterocycles. The number of halogens is 11. The number of aromatic nitrogens is 2. The number of alkyl halides is 11. The average molecular weight is 484 g/mol. The van der Waals surface area contributed by atoms with Crippen molar-refractivity contribution in [2.24, 2.45) is 0 Å². The lowest BCUT2D eigenvalue weighted by atomic mass is 10.1. The SMILES string of the molecule is O=C(O)c1cnc(-c2ccccc2)nc1C(F)(OC(F)(F)C(F)(F)C(F)(F)F)C(F)(F)F. The predicted molar refractivity (Wildman–Crippen MR) is 80.3 cm³/mol. The van der Waals surface area contributed by atoms with E-state index in [9.17, 15) is 53.1 Å². The maximum atomic E-state index is 14.9. The predicted octanol–water partition coefficient (Wildman–Crippen LogP) is 5.33. The van der Waals surface area contributed by atoms with Crippen LogP contribution in [-0.2, 0) is 10.6 Å². The van der Waals surface area contributed by atoms with Gasteiger partial charge in [0, 0.05) is 11.8 Å². The molecule has 2 aromatic rings. The maximum absolute atomic E-state index is 14.9. The van der Waals surface area contributed by atoms with Crippen LogP contribution in [0.3, 0.4) is 0 Å². The number of carbonyl (C=O) groups is 1. The fourth-order valence-corrected chi connectivity index (χ4v) is 2.16. The molecule has 5 nitrogen and oxygen atoms in total. The summed E-state index contributed by atoms with van der Waals surface area (Å²) >= 11 is 0. The molecular weight excluding hydrogens is 477 g/mol. The Morgan fingerprint density at radius 3 is 1.81 bits per heavy atom. The smallest absolute Gasteiger partial charge is 0.462 e. The highest BCUT2D eigenvalue weighted by Gasteiger charge is 2.79. The summed E-state index contributed by atoms with van der Waals surface area (Å²) in [6.45, 7) is 0. The Morgan fingerprint density at radius 1 is 0.844 bits per heavy atom. The van der Waals surface area contributed by atoms with Crippen molar-refractivity contribution in [2.45, 2.75) is 30.2 Å². The standard InChI is InChI=1S/C16H7F11N2O3/c17-12(14(20,21)22,32-16(26,27)13(18,19)15(23,24)25)9-8(11(30)31)6-28-10(29-9)7-4-2-1-3-5-7/h1-6H,(H,30,31). The third kappa shape index (κ3) is 4.31. The highest BCUT2D eigenvalue weighted by atomic mass is 19.4. The number of aromatic carboxylic acids is 1. The molecule has 0 saturated heterocycles. The second-order valence-electron chi connectivity index (χ2n) is 5.91. The summed E-state index contributed by atoms with van der Waals surface area (Å²) in [4.78, 5) is 17.4. The van der Waals surface area contributed by atoms with Crippen LogP contribution in [0.5, 0.6) is 0 Å². The van der Waals surface area contributed by atoms with Crippen LogP contribution in [0.25, 0.3) is 11.4 Å². The van der Waals surface area contributed by atoms with Crippen molar-refractivity contribution in [1.82, 2.24) is 9.97 Å². The van der Waals surface area contributed by atoms with Crippen LogP contribution in [0, 0.1) is 0 Å². The van der Waals surface area contributed by atoms with E-state index in [1.54, 1.807) is 0 Å². The van der Waals surface area contributed by atoms with Crippen LogP contribution in [-0.4, -0.2) is 45.4 Å². The number of nitrogens with zero attached hydrogens (tertiary/aromatic N) is 2. The lowest BCUT2D eigenvalue weighted by Crippen LogP contribution is -2.58. The number of hydrogen-bond donors (Lipinski definition) is 1. The van der Waals surface area contributed by atoms with Gasteiger partial charge in [0.25, 0.3) is 0 Å². The van der Waals surface area contributed by atoms with Crippen LogP contribution >= 0.6 is 0 Å². The zero-order valence-electron chi connectivity index (χ0n) is 14.8. The van der Waals surface area contributed by atoms with Gasteiger partial charge in [-0.05, 0) is 0 Å². The largest absolute Gasteiger partial charge is 0.478 e. The normalized spacial score (nSPS) is 15.3. The fraction of sp³-hybridized carbons (Fsp3) is 0.312. The maximum Gasteiger partial charge on any atom is 0.462 e. The van der Waals surface area contributed by atoms with Crippen molar-refractivity contribution in [2.75, 3.05) is 0 Å². The lowest BCUT2D eigenvalue weighted by Gasteiger charge is -2.35. The molecule has 0 aliphatic carbocycles. The zero-order valence-corrected chi connectivity index (χ0v) is 14.8. The van der Waals surface area contributed by atoms with Gasteiger partial charge >= 0.3 is 36.2 Å². The molecule has 1 aromatic carbocycles. The summed E-state index contributed by atoms with van der Waals surface area (Å²) in [5, 5.41) is 8.96. The molecule has 0 amide bonds.